The minimum atomic E-state index is 0.0971. The molecule has 1 aromatic heterocycles. The molecular weight excluding hydrogens is 191 g/mol. The van der Waals surface area contributed by atoms with Gasteiger partial charge in [0.15, 0.2) is 5.82 Å². The monoisotopic (exact) mass is 206 g/mol. The van der Waals surface area contributed by atoms with Crippen molar-refractivity contribution in [1.29, 1.82) is 0 Å². The Hall–Kier alpha value is -0.875. The molecule has 1 aliphatic rings. The highest BCUT2D eigenvalue weighted by atomic mass is 16.5. The normalized spacial score (nSPS) is 22.9. The van der Waals surface area contributed by atoms with Gasteiger partial charge in [0.25, 0.3) is 0 Å². The molecule has 0 aliphatic carbocycles. The van der Waals surface area contributed by atoms with E-state index in [0.29, 0.717) is 17.6 Å². The highest BCUT2D eigenvalue weighted by Crippen LogP contribution is 2.24. The van der Waals surface area contributed by atoms with Crippen LogP contribution >= 0.6 is 0 Å². The van der Waals surface area contributed by atoms with Crippen molar-refractivity contribution in [2.24, 2.45) is 0 Å². The molecule has 1 aromatic rings. The van der Waals surface area contributed by atoms with Crippen LogP contribution in [-0.2, 0) is 6.54 Å². The Bertz CT molecular complexity index is 317. The molecule has 1 saturated heterocycles. The Morgan fingerprint density at radius 3 is 3.20 bits per heavy atom. The minimum Gasteiger partial charge on any atom is -0.346 e. The van der Waals surface area contributed by atoms with Crippen molar-refractivity contribution in [1.82, 2.24) is 20.7 Å². The number of nitrogens with zero attached hydrogens (tertiary/aromatic N) is 3. The average molecular weight is 206 g/mol. The van der Waals surface area contributed by atoms with Crippen molar-refractivity contribution in [3.05, 3.63) is 11.7 Å². The van der Waals surface area contributed by atoms with E-state index in [2.05, 4.69) is 22.4 Å². The fourth-order valence-corrected chi connectivity index (χ4v) is 1.95. The van der Waals surface area contributed by atoms with Gasteiger partial charge >= 0.3 is 0 Å². The molecule has 1 fully saturated rings. The summed E-state index contributed by atoms with van der Waals surface area (Å²) in [6, 6.07) is 0. The van der Waals surface area contributed by atoms with Gasteiger partial charge in [-0.1, -0.05) is 12.0 Å². The summed E-state index contributed by atoms with van der Waals surface area (Å²) in [6.07, 6.45) is 2.26. The quantitative estimate of drug-likeness (QED) is 0.682. The second kappa shape index (κ2) is 4.76. The Kier molecular flexibility index (Phi) is 3.38. The number of nitrogens with one attached hydrogen (secondary N) is 1. The molecule has 0 amide bonds. The van der Waals surface area contributed by atoms with E-state index in [4.69, 9.17) is 10.3 Å². The van der Waals surface area contributed by atoms with Crippen molar-refractivity contribution in [3.63, 3.8) is 0 Å². The second-order valence-corrected chi connectivity index (χ2v) is 3.82. The molecule has 0 bridgehead atoms. The Morgan fingerprint density at radius 1 is 1.67 bits per heavy atom. The summed E-state index contributed by atoms with van der Waals surface area (Å²) in [5, 5.41) is 3.76. The second-order valence-electron chi connectivity index (χ2n) is 3.82. The number of rotatable bonds is 3. The molecule has 1 atom stereocenters. The van der Waals surface area contributed by atoms with E-state index < -0.39 is 0 Å². The van der Waals surface area contributed by atoms with Crippen LogP contribution in [0, 0.1) is 0 Å². The molecule has 2 heterocycles. The Labute approximate surface area is 90.3 Å². The number of aromatic nitrogens is 2. The fraction of sp³-hybridized carbons (Fsp3) is 0.778. The first kappa shape index (κ1) is 10.6. The smallest absolute Gasteiger partial charge is 0.231 e. The zero-order valence-electron chi connectivity index (χ0n) is 8.94. The summed E-state index contributed by atoms with van der Waals surface area (Å²) in [7, 11) is 2.11. The van der Waals surface area contributed by atoms with E-state index >= 15 is 0 Å². The molecule has 0 spiro atoms. The van der Waals surface area contributed by atoms with Crippen LogP contribution in [-0.4, -0.2) is 35.5 Å². The van der Waals surface area contributed by atoms with Gasteiger partial charge < -0.3 is 9.33 Å². The lowest BCUT2D eigenvalue weighted by atomic mass is 9.88. The summed E-state index contributed by atoms with van der Waals surface area (Å²) < 4.78 is 5.17. The Morgan fingerprint density at radius 2 is 2.53 bits per heavy atom. The first-order valence-electron chi connectivity index (χ1n) is 5.34. The fourth-order valence-electron chi connectivity index (χ4n) is 1.95. The van der Waals surface area contributed by atoms with Gasteiger partial charge in [-0.3, -0.25) is 0 Å². The predicted molar refractivity (Wildman–Crippen MR) is 56.3 cm³/mol. The summed E-state index contributed by atoms with van der Waals surface area (Å²) in [6.45, 7) is 4.22. The molecule has 15 heavy (non-hydrogen) atoms. The summed E-state index contributed by atoms with van der Waals surface area (Å²) in [5.41, 5.74) is 7.15. The van der Waals surface area contributed by atoms with E-state index in [0.717, 1.165) is 25.9 Å². The largest absolute Gasteiger partial charge is 0.346 e. The molecule has 0 saturated carbocycles. The van der Waals surface area contributed by atoms with E-state index in [-0.39, 0.29) is 6.54 Å². The van der Waals surface area contributed by atoms with Gasteiger partial charge in [0.05, 0.1) is 12.5 Å². The standard InChI is InChI=1S/C9H15BN4O/c1-10-14-4-2-3-7(6-14)9-12-8(5-11)13-15-9/h7,11H,2-6H2,1H3. The molecule has 80 valence electrons. The topological polar surface area (TPSA) is 66.0 Å². The summed E-state index contributed by atoms with van der Waals surface area (Å²) in [5.74, 6) is 1.52. The molecule has 6 heteroatoms. The highest BCUT2D eigenvalue weighted by Gasteiger charge is 2.24. The van der Waals surface area contributed by atoms with E-state index in [9.17, 15) is 0 Å². The SMILES string of the molecule is C[B]N1CCCC(c2nc(C[NH])no2)C1. The lowest BCUT2D eigenvalue weighted by Crippen LogP contribution is -2.36. The van der Waals surface area contributed by atoms with Crippen molar-refractivity contribution in [3.8, 4) is 0 Å². The zero-order chi connectivity index (χ0) is 10.7. The lowest BCUT2D eigenvalue weighted by Gasteiger charge is -2.29. The Balaban J connectivity index is 2.03. The number of hydrogen-bond acceptors (Lipinski definition) is 4. The maximum atomic E-state index is 7.15. The van der Waals surface area contributed by atoms with E-state index in [1.165, 1.54) is 0 Å². The molecular formula is C9H15BN4O. The molecule has 1 N–H and O–H groups in total. The van der Waals surface area contributed by atoms with Crippen molar-refractivity contribution in [2.45, 2.75) is 32.1 Å². The summed E-state index contributed by atoms with van der Waals surface area (Å²) in [4.78, 5) is 6.49. The van der Waals surface area contributed by atoms with E-state index in [1.807, 2.05) is 6.82 Å². The van der Waals surface area contributed by atoms with Gasteiger partial charge in [-0.2, -0.15) is 4.98 Å². The number of piperidine rings is 1. The van der Waals surface area contributed by atoms with Gasteiger partial charge in [0.1, 0.15) is 0 Å². The van der Waals surface area contributed by atoms with Crippen LogP contribution in [0.4, 0.5) is 0 Å². The zero-order valence-corrected chi connectivity index (χ0v) is 8.94. The third-order valence-corrected chi connectivity index (χ3v) is 2.81. The van der Waals surface area contributed by atoms with Gasteiger partial charge in [-0.25, -0.2) is 5.73 Å². The molecule has 2 rings (SSSR count). The highest BCUT2D eigenvalue weighted by molar-refractivity contribution is 6.29. The van der Waals surface area contributed by atoms with Crippen LogP contribution in [0.25, 0.3) is 0 Å². The average Bonchev–Trinajstić information content (AvgIpc) is 2.78. The predicted octanol–water partition coefficient (Wildman–Crippen LogP) is 0.699. The van der Waals surface area contributed by atoms with Crippen LogP contribution in [0.1, 0.15) is 30.5 Å². The summed E-state index contributed by atoms with van der Waals surface area (Å²) >= 11 is 0. The minimum absolute atomic E-state index is 0.0971. The first-order valence-corrected chi connectivity index (χ1v) is 5.34. The maximum absolute atomic E-state index is 7.15. The van der Waals surface area contributed by atoms with Crippen LogP contribution in [0.2, 0.25) is 6.82 Å². The van der Waals surface area contributed by atoms with Gasteiger partial charge in [0.2, 0.25) is 13.3 Å². The third-order valence-electron chi connectivity index (χ3n) is 2.81. The van der Waals surface area contributed by atoms with Crippen LogP contribution in [0.15, 0.2) is 4.52 Å². The van der Waals surface area contributed by atoms with Crippen LogP contribution in [0.3, 0.4) is 0 Å². The van der Waals surface area contributed by atoms with Crippen LogP contribution < -0.4 is 5.73 Å². The molecule has 2 radical (unpaired) electrons. The van der Waals surface area contributed by atoms with Gasteiger partial charge in [-0.05, 0) is 25.9 Å². The number of hydrogen-bond donors (Lipinski definition) is 0. The van der Waals surface area contributed by atoms with Crippen molar-refractivity contribution in [2.75, 3.05) is 13.1 Å². The van der Waals surface area contributed by atoms with Gasteiger partial charge in [0, 0.05) is 0 Å². The van der Waals surface area contributed by atoms with Gasteiger partial charge in [-0.15, -0.1) is 0 Å². The maximum Gasteiger partial charge on any atom is 0.231 e. The van der Waals surface area contributed by atoms with Crippen molar-refractivity contribution >= 4 is 7.41 Å². The lowest BCUT2D eigenvalue weighted by molar-refractivity contribution is 0.268. The third kappa shape index (κ3) is 2.38. The first-order chi connectivity index (χ1) is 7.33. The van der Waals surface area contributed by atoms with Crippen LogP contribution in [0.5, 0.6) is 0 Å². The molecule has 1 unspecified atom stereocenters. The molecule has 1 aliphatic heterocycles. The van der Waals surface area contributed by atoms with Crippen molar-refractivity contribution < 1.29 is 4.52 Å². The molecule has 0 aromatic carbocycles. The molecule has 5 nitrogen and oxygen atoms in total. The van der Waals surface area contributed by atoms with E-state index in [1.54, 1.807) is 0 Å².